The summed E-state index contributed by atoms with van der Waals surface area (Å²) in [6.07, 6.45) is 2.51. The number of nitrogens with two attached hydrogens (primary N) is 1. The first-order valence-electron chi connectivity index (χ1n) is 6.36. The molecule has 0 fully saturated rings. The van der Waals surface area contributed by atoms with E-state index in [0.717, 1.165) is 12.1 Å². The first kappa shape index (κ1) is 14.6. The van der Waals surface area contributed by atoms with Crippen molar-refractivity contribution in [1.82, 2.24) is 9.88 Å². The summed E-state index contributed by atoms with van der Waals surface area (Å²) in [5, 5.41) is 0. The fourth-order valence-corrected chi connectivity index (χ4v) is 1.69. The van der Waals surface area contributed by atoms with Crippen LogP contribution >= 0.6 is 0 Å². The lowest BCUT2D eigenvalue weighted by Crippen LogP contribution is -2.35. The Bertz CT molecular complexity index is 404. The van der Waals surface area contributed by atoms with Crippen LogP contribution in [-0.4, -0.2) is 35.4 Å². The summed E-state index contributed by atoms with van der Waals surface area (Å²) in [6.45, 7) is 6.71. The fourth-order valence-electron chi connectivity index (χ4n) is 1.69. The smallest absolute Gasteiger partial charge is 0.255 e. The second kappa shape index (κ2) is 6.50. The Hall–Kier alpha value is -1.42. The van der Waals surface area contributed by atoms with Gasteiger partial charge in [-0.1, -0.05) is 13.8 Å². The van der Waals surface area contributed by atoms with Gasteiger partial charge in [-0.25, -0.2) is 0 Å². The molecule has 4 heteroatoms. The Balaban J connectivity index is 2.60. The van der Waals surface area contributed by atoms with Crippen LogP contribution in [0.5, 0.6) is 0 Å². The SMILES string of the molecule is Cc1ncccc1C(=O)N(C)CCC(N)C(C)C. The lowest BCUT2D eigenvalue weighted by molar-refractivity contribution is 0.0788. The number of hydrogen-bond donors (Lipinski definition) is 1. The monoisotopic (exact) mass is 249 g/mol. The van der Waals surface area contributed by atoms with Gasteiger partial charge in [0, 0.05) is 31.5 Å². The van der Waals surface area contributed by atoms with Gasteiger partial charge in [-0.2, -0.15) is 0 Å². The molecule has 1 rings (SSSR count). The normalized spacial score (nSPS) is 12.6. The molecule has 18 heavy (non-hydrogen) atoms. The Morgan fingerprint density at radius 1 is 1.50 bits per heavy atom. The van der Waals surface area contributed by atoms with E-state index in [1.807, 2.05) is 20.0 Å². The van der Waals surface area contributed by atoms with Crippen LogP contribution in [-0.2, 0) is 0 Å². The van der Waals surface area contributed by atoms with E-state index in [-0.39, 0.29) is 11.9 Å². The van der Waals surface area contributed by atoms with Crippen molar-refractivity contribution in [2.24, 2.45) is 11.7 Å². The molecule has 0 aliphatic heterocycles. The first-order valence-corrected chi connectivity index (χ1v) is 6.36. The van der Waals surface area contributed by atoms with Gasteiger partial charge in [0.1, 0.15) is 0 Å². The maximum atomic E-state index is 12.2. The lowest BCUT2D eigenvalue weighted by Gasteiger charge is -2.22. The summed E-state index contributed by atoms with van der Waals surface area (Å²) in [4.78, 5) is 18.0. The molecule has 0 saturated heterocycles. The summed E-state index contributed by atoms with van der Waals surface area (Å²) in [7, 11) is 1.81. The molecule has 0 spiro atoms. The van der Waals surface area contributed by atoms with Crippen molar-refractivity contribution in [3.05, 3.63) is 29.6 Å². The highest BCUT2D eigenvalue weighted by atomic mass is 16.2. The van der Waals surface area contributed by atoms with Crippen LogP contribution in [0.1, 0.15) is 36.3 Å². The summed E-state index contributed by atoms with van der Waals surface area (Å²) in [6, 6.07) is 3.73. The second-order valence-electron chi connectivity index (χ2n) is 5.06. The Morgan fingerprint density at radius 3 is 2.72 bits per heavy atom. The number of rotatable bonds is 5. The predicted octanol–water partition coefficient (Wildman–Crippen LogP) is 1.84. The average molecular weight is 249 g/mol. The highest BCUT2D eigenvalue weighted by Crippen LogP contribution is 2.09. The third-order valence-corrected chi connectivity index (χ3v) is 3.24. The van der Waals surface area contributed by atoms with Crippen molar-refractivity contribution in [2.45, 2.75) is 33.2 Å². The number of aromatic nitrogens is 1. The van der Waals surface area contributed by atoms with Crippen LogP contribution in [0.4, 0.5) is 0 Å². The molecule has 100 valence electrons. The van der Waals surface area contributed by atoms with E-state index in [0.29, 0.717) is 18.0 Å². The third-order valence-electron chi connectivity index (χ3n) is 3.24. The van der Waals surface area contributed by atoms with Crippen molar-refractivity contribution >= 4 is 5.91 Å². The largest absolute Gasteiger partial charge is 0.342 e. The summed E-state index contributed by atoms with van der Waals surface area (Å²) in [5.74, 6) is 0.449. The molecule has 0 saturated carbocycles. The number of carbonyl (C=O) groups is 1. The number of pyridine rings is 1. The zero-order chi connectivity index (χ0) is 13.7. The van der Waals surface area contributed by atoms with Crippen LogP contribution in [0.15, 0.2) is 18.3 Å². The maximum Gasteiger partial charge on any atom is 0.255 e. The molecule has 0 aliphatic rings. The van der Waals surface area contributed by atoms with Crippen molar-refractivity contribution in [3.63, 3.8) is 0 Å². The maximum absolute atomic E-state index is 12.2. The predicted molar refractivity (Wildman–Crippen MR) is 73.4 cm³/mol. The fraction of sp³-hybridized carbons (Fsp3) is 0.571. The molecule has 0 bridgehead atoms. The van der Waals surface area contributed by atoms with Gasteiger partial charge in [0.2, 0.25) is 0 Å². The standard InChI is InChI=1S/C14H23N3O/c1-10(2)13(15)7-9-17(4)14(18)12-6-5-8-16-11(12)3/h5-6,8,10,13H,7,9,15H2,1-4H3. The molecule has 1 atom stereocenters. The van der Waals surface area contributed by atoms with E-state index in [1.165, 1.54) is 0 Å². The number of hydrogen-bond acceptors (Lipinski definition) is 3. The van der Waals surface area contributed by atoms with Gasteiger partial charge in [-0.3, -0.25) is 9.78 Å². The molecule has 2 N–H and O–H groups in total. The molecule has 1 unspecified atom stereocenters. The van der Waals surface area contributed by atoms with Gasteiger partial charge in [-0.05, 0) is 31.4 Å². The number of carbonyl (C=O) groups excluding carboxylic acids is 1. The average Bonchev–Trinajstić information content (AvgIpc) is 2.35. The molecule has 1 aromatic heterocycles. The van der Waals surface area contributed by atoms with E-state index >= 15 is 0 Å². The van der Waals surface area contributed by atoms with Crippen LogP contribution in [0.25, 0.3) is 0 Å². The molecular formula is C14H23N3O. The van der Waals surface area contributed by atoms with Gasteiger partial charge < -0.3 is 10.6 Å². The van der Waals surface area contributed by atoms with Crippen LogP contribution in [0, 0.1) is 12.8 Å². The van der Waals surface area contributed by atoms with Crippen LogP contribution in [0.2, 0.25) is 0 Å². The van der Waals surface area contributed by atoms with E-state index in [2.05, 4.69) is 18.8 Å². The molecule has 0 radical (unpaired) electrons. The molecule has 0 aromatic carbocycles. The van der Waals surface area contributed by atoms with Crippen molar-refractivity contribution < 1.29 is 4.79 Å². The Labute approximate surface area is 109 Å². The van der Waals surface area contributed by atoms with Crippen molar-refractivity contribution in [1.29, 1.82) is 0 Å². The number of aryl methyl sites for hydroxylation is 1. The molecular weight excluding hydrogens is 226 g/mol. The highest BCUT2D eigenvalue weighted by molar-refractivity contribution is 5.94. The van der Waals surface area contributed by atoms with Gasteiger partial charge in [0.05, 0.1) is 5.56 Å². The van der Waals surface area contributed by atoms with Crippen LogP contribution in [0.3, 0.4) is 0 Å². The minimum Gasteiger partial charge on any atom is -0.342 e. The minimum absolute atomic E-state index is 0.0107. The van der Waals surface area contributed by atoms with E-state index in [4.69, 9.17) is 5.73 Å². The van der Waals surface area contributed by atoms with E-state index in [1.54, 1.807) is 17.2 Å². The minimum atomic E-state index is 0.0107. The number of nitrogens with zero attached hydrogens (tertiary/aromatic N) is 2. The molecule has 1 heterocycles. The van der Waals surface area contributed by atoms with Crippen molar-refractivity contribution in [3.8, 4) is 0 Å². The summed E-state index contributed by atoms with van der Waals surface area (Å²) >= 11 is 0. The molecule has 1 amide bonds. The molecule has 4 nitrogen and oxygen atoms in total. The van der Waals surface area contributed by atoms with Gasteiger partial charge in [0.15, 0.2) is 0 Å². The van der Waals surface area contributed by atoms with Gasteiger partial charge in [-0.15, -0.1) is 0 Å². The quantitative estimate of drug-likeness (QED) is 0.866. The number of amides is 1. The van der Waals surface area contributed by atoms with E-state index in [9.17, 15) is 4.79 Å². The van der Waals surface area contributed by atoms with Crippen molar-refractivity contribution in [2.75, 3.05) is 13.6 Å². The summed E-state index contributed by atoms with van der Waals surface area (Å²) in [5.41, 5.74) is 7.41. The Kier molecular flexibility index (Phi) is 5.28. The van der Waals surface area contributed by atoms with Gasteiger partial charge >= 0.3 is 0 Å². The lowest BCUT2D eigenvalue weighted by atomic mass is 10.0. The Morgan fingerprint density at radius 2 is 2.17 bits per heavy atom. The van der Waals surface area contributed by atoms with Crippen LogP contribution < -0.4 is 5.73 Å². The van der Waals surface area contributed by atoms with E-state index < -0.39 is 0 Å². The topological polar surface area (TPSA) is 59.2 Å². The second-order valence-corrected chi connectivity index (χ2v) is 5.06. The summed E-state index contributed by atoms with van der Waals surface area (Å²) < 4.78 is 0. The van der Waals surface area contributed by atoms with Gasteiger partial charge in [0.25, 0.3) is 5.91 Å². The first-order chi connectivity index (χ1) is 8.43. The zero-order valence-electron chi connectivity index (χ0n) is 11.7. The molecule has 1 aromatic rings. The zero-order valence-corrected chi connectivity index (χ0v) is 11.7. The molecule has 0 aliphatic carbocycles. The third kappa shape index (κ3) is 3.81. The highest BCUT2D eigenvalue weighted by Gasteiger charge is 2.16.